The van der Waals surface area contributed by atoms with Crippen LogP contribution in [0.3, 0.4) is 0 Å². The summed E-state index contributed by atoms with van der Waals surface area (Å²) in [5, 5.41) is 0. The standard InChI is InChI=1S/C16H33N3/c1-2-3-5-8-15(13-17)19-12-9-16(14-19)18-10-6-4-7-11-18/h15-16H,2-14,17H2,1H3. The van der Waals surface area contributed by atoms with E-state index in [2.05, 4.69) is 16.7 Å². The molecule has 2 rings (SSSR count). The van der Waals surface area contributed by atoms with Gasteiger partial charge in [0, 0.05) is 31.7 Å². The van der Waals surface area contributed by atoms with E-state index in [-0.39, 0.29) is 0 Å². The number of unbranched alkanes of at least 4 members (excludes halogenated alkanes) is 2. The van der Waals surface area contributed by atoms with E-state index in [1.807, 2.05) is 0 Å². The lowest BCUT2D eigenvalue weighted by molar-refractivity contribution is 0.150. The number of likely N-dealkylation sites (tertiary alicyclic amines) is 2. The van der Waals surface area contributed by atoms with Crippen LogP contribution in [0.5, 0.6) is 0 Å². The van der Waals surface area contributed by atoms with Crippen molar-refractivity contribution in [3.63, 3.8) is 0 Å². The summed E-state index contributed by atoms with van der Waals surface area (Å²) < 4.78 is 0. The second-order valence-electron chi connectivity index (χ2n) is 6.42. The minimum Gasteiger partial charge on any atom is -0.329 e. The van der Waals surface area contributed by atoms with E-state index in [1.54, 1.807) is 0 Å². The van der Waals surface area contributed by atoms with Gasteiger partial charge >= 0.3 is 0 Å². The lowest BCUT2D eigenvalue weighted by atomic mass is 10.1. The van der Waals surface area contributed by atoms with E-state index in [0.29, 0.717) is 6.04 Å². The Labute approximate surface area is 119 Å². The molecule has 3 nitrogen and oxygen atoms in total. The van der Waals surface area contributed by atoms with Crippen molar-refractivity contribution < 1.29 is 0 Å². The van der Waals surface area contributed by atoms with Crippen molar-refractivity contribution in [1.82, 2.24) is 9.80 Å². The van der Waals surface area contributed by atoms with E-state index in [1.165, 1.54) is 77.5 Å². The number of hydrogen-bond donors (Lipinski definition) is 1. The Morgan fingerprint density at radius 1 is 1.11 bits per heavy atom. The minimum absolute atomic E-state index is 0.640. The van der Waals surface area contributed by atoms with Gasteiger partial charge < -0.3 is 5.73 Å². The van der Waals surface area contributed by atoms with Crippen LogP contribution in [0.25, 0.3) is 0 Å². The molecule has 2 aliphatic rings. The van der Waals surface area contributed by atoms with Gasteiger partial charge in [-0.25, -0.2) is 0 Å². The summed E-state index contributed by atoms with van der Waals surface area (Å²) >= 11 is 0. The molecular weight excluding hydrogens is 234 g/mol. The van der Waals surface area contributed by atoms with E-state index < -0.39 is 0 Å². The van der Waals surface area contributed by atoms with Gasteiger partial charge in [-0.15, -0.1) is 0 Å². The van der Waals surface area contributed by atoms with Crippen molar-refractivity contribution in [2.75, 3.05) is 32.7 Å². The summed E-state index contributed by atoms with van der Waals surface area (Å²) in [6.07, 6.45) is 11.0. The Bertz CT molecular complexity index is 238. The van der Waals surface area contributed by atoms with Crippen LogP contribution in [0.4, 0.5) is 0 Å². The molecule has 112 valence electrons. The van der Waals surface area contributed by atoms with Crippen molar-refractivity contribution in [2.45, 2.75) is 70.4 Å². The summed E-state index contributed by atoms with van der Waals surface area (Å²) in [6.45, 7) is 8.34. The first kappa shape index (κ1) is 15.3. The first-order chi connectivity index (χ1) is 9.35. The monoisotopic (exact) mass is 267 g/mol. The number of rotatable bonds is 7. The lowest BCUT2D eigenvalue weighted by Crippen LogP contribution is -2.44. The van der Waals surface area contributed by atoms with Crippen LogP contribution in [-0.2, 0) is 0 Å². The Morgan fingerprint density at radius 2 is 1.89 bits per heavy atom. The van der Waals surface area contributed by atoms with Crippen molar-refractivity contribution in [2.24, 2.45) is 5.73 Å². The third kappa shape index (κ3) is 4.44. The molecule has 2 N–H and O–H groups in total. The van der Waals surface area contributed by atoms with E-state index in [0.717, 1.165) is 12.6 Å². The van der Waals surface area contributed by atoms with Gasteiger partial charge in [0.1, 0.15) is 0 Å². The van der Waals surface area contributed by atoms with Crippen molar-refractivity contribution in [3.05, 3.63) is 0 Å². The molecule has 2 atom stereocenters. The molecule has 0 radical (unpaired) electrons. The topological polar surface area (TPSA) is 32.5 Å². The second kappa shape index (κ2) is 8.23. The number of nitrogens with zero attached hydrogens (tertiary/aromatic N) is 2. The van der Waals surface area contributed by atoms with Gasteiger partial charge in [-0.1, -0.05) is 32.6 Å². The molecule has 19 heavy (non-hydrogen) atoms. The third-order valence-electron chi connectivity index (χ3n) is 5.03. The predicted octanol–water partition coefficient (Wildman–Crippen LogP) is 2.45. The average Bonchev–Trinajstić information content (AvgIpc) is 2.94. The second-order valence-corrected chi connectivity index (χ2v) is 6.42. The van der Waals surface area contributed by atoms with Crippen molar-refractivity contribution >= 4 is 0 Å². The number of nitrogens with two attached hydrogens (primary N) is 1. The Kier molecular flexibility index (Phi) is 6.62. The van der Waals surface area contributed by atoms with Crippen LogP contribution in [0.15, 0.2) is 0 Å². The summed E-state index contributed by atoms with van der Waals surface area (Å²) in [5.74, 6) is 0. The van der Waals surface area contributed by atoms with E-state index in [4.69, 9.17) is 5.73 Å². The molecule has 0 spiro atoms. The van der Waals surface area contributed by atoms with Crippen molar-refractivity contribution in [1.29, 1.82) is 0 Å². The van der Waals surface area contributed by atoms with Crippen LogP contribution in [-0.4, -0.2) is 54.6 Å². The van der Waals surface area contributed by atoms with Gasteiger partial charge in [-0.2, -0.15) is 0 Å². The zero-order valence-electron chi connectivity index (χ0n) is 12.8. The van der Waals surface area contributed by atoms with E-state index >= 15 is 0 Å². The van der Waals surface area contributed by atoms with Gasteiger partial charge in [0.25, 0.3) is 0 Å². The average molecular weight is 267 g/mol. The summed E-state index contributed by atoms with van der Waals surface area (Å²) in [5.41, 5.74) is 6.00. The van der Waals surface area contributed by atoms with Gasteiger partial charge in [-0.3, -0.25) is 9.80 Å². The highest BCUT2D eigenvalue weighted by Crippen LogP contribution is 2.23. The zero-order chi connectivity index (χ0) is 13.5. The smallest absolute Gasteiger partial charge is 0.0235 e. The largest absolute Gasteiger partial charge is 0.329 e. The molecule has 2 unspecified atom stereocenters. The predicted molar refractivity (Wildman–Crippen MR) is 82.4 cm³/mol. The highest BCUT2D eigenvalue weighted by molar-refractivity contribution is 4.88. The molecule has 0 aromatic rings. The fraction of sp³-hybridized carbons (Fsp3) is 1.00. The van der Waals surface area contributed by atoms with Crippen LogP contribution in [0.2, 0.25) is 0 Å². The van der Waals surface area contributed by atoms with Crippen LogP contribution in [0, 0.1) is 0 Å². The Morgan fingerprint density at radius 3 is 2.58 bits per heavy atom. The highest BCUT2D eigenvalue weighted by atomic mass is 15.3. The fourth-order valence-electron chi connectivity index (χ4n) is 3.76. The van der Waals surface area contributed by atoms with Gasteiger partial charge in [0.2, 0.25) is 0 Å². The third-order valence-corrected chi connectivity index (χ3v) is 5.03. The van der Waals surface area contributed by atoms with E-state index in [9.17, 15) is 0 Å². The van der Waals surface area contributed by atoms with Gasteiger partial charge in [0.05, 0.1) is 0 Å². The highest BCUT2D eigenvalue weighted by Gasteiger charge is 2.31. The maximum Gasteiger partial charge on any atom is 0.0235 e. The zero-order valence-corrected chi connectivity index (χ0v) is 12.8. The molecule has 0 amide bonds. The fourth-order valence-corrected chi connectivity index (χ4v) is 3.76. The molecular formula is C16H33N3. The molecule has 0 bridgehead atoms. The Hall–Kier alpha value is -0.120. The molecule has 2 saturated heterocycles. The molecule has 0 aromatic carbocycles. The molecule has 0 aromatic heterocycles. The molecule has 0 saturated carbocycles. The maximum absolute atomic E-state index is 6.00. The van der Waals surface area contributed by atoms with Crippen LogP contribution < -0.4 is 5.73 Å². The number of hydrogen-bond acceptors (Lipinski definition) is 3. The molecule has 2 heterocycles. The number of piperidine rings is 1. The molecule has 2 aliphatic heterocycles. The molecule has 2 fully saturated rings. The molecule has 0 aliphatic carbocycles. The van der Waals surface area contributed by atoms with Gasteiger partial charge in [-0.05, 0) is 38.8 Å². The first-order valence-electron chi connectivity index (χ1n) is 8.53. The van der Waals surface area contributed by atoms with Crippen LogP contribution in [0.1, 0.15) is 58.3 Å². The summed E-state index contributed by atoms with van der Waals surface area (Å²) in [7, 11) is 0. The molecule has 3 heteroatoms. The lowest BCUT2D eigenvalue weighted by Gasteiger charge is -2.33. The maximum atomic E-state index is 6.00. The van der Waals surface area contributed by atoms with Crippen molar-refractivity contribution in [3.8, 4) is 0 Å². The Balaban J connectivity index is 1.75. The van der Waals surface area contributed by atoms with Gasteiger partial charge in [0.15, 0.2) is 0 Å². The van der Waals surface area contributed by atoms with Crippen LogP contribution >= 0.6 is 0 Å². The minimum atomic E-state index is 0.640. The summed E-state index contributed by atoms with van der Waals surface area (Å²) in [6, 6.07) is 1.46. The SMILES string of the molecule is CCCCCC(CN)N1CCC(N2CCCCC2)C1. The quantitative estimate of drug-likeness (QED) is 0.719. The summed E-state index contributed by atoms with van der Waals surface area (Å²) in [4.78, 5) is 5.41. The normalized spacial score (nSPS) is 27.8. The first-order valence-corrected chi connectivity index (χ1v) is 8.53.